The quantitative estimate of drug-likeness (QED) is 0.325. The van der Waals surface area contributed by atoms with Crippen LogP contribution in [0.15, 0.2) is 77.2 Å². The van der Waals surface area contributed by atoms with Crippen molar-refractivity contribution in [3.63, 3.8) is 0 Å². The summed E-state index contributed by atoms with van der Waals surface area (Å²) >= 11 is 0. The molecule has 0 fully saturated rings. The Bertz CT molecular complexity index is 2170. The van der Waals surface area contributed by atoms with E-state index in [0.29, 0.717) is 69.7 Å². The number of benzene rings is 3. The molecule has 0 saturated heterocycles. The number of halogens is 2. The van der Waals surface area contributed by atoms with Gasteiger partial charge in [-0.2, -0.15) is 0 Å². The second-order valence-electron chi connectivity index (χ2n) is 12.0. The van der Waals surface area contributed by atoms with Crippen molar-refractivity contribution in [1.29, 1.82) is 0 Å². The Labute approximate surface area is 258 Å². The summed E-state index contributed by atoms with van der Waals surface area (Å²) in [4.78, 5) is 31.6. The minimum Gasteiger partial charge on any atom is -0.481 e. The minimum absolute atomic E-state index is 0.107. The Morgan fingerprint density at radius 1 is 1.02 bits per heavy atom. The van der Waals surface area contributed by atoms with Gasteiger partial charge in [0.05, 0.1) is 17.3 Å². The number of fused-ring (bicyclic) bond motifs is 6. The van der Waals surface area contributed by atoms with Crippen LogP contribution < -0.4 is 10.3 Å². The zero-order chi connectivity index (χ0) is 31.8. The van der Waals surface area contributed by atoms with Crippen molar-refractivity contribution < 1.29 is 26.7 Å². The number of carbonyl (C=O) groups excluding carboxylic acids is 1. The van der Waals surface area contributed by atoms with Gasteiger partial charge in [0, 0.05) is 54.4 Å². The first-order valence-corrected chi connectivity index (χ1v) is 16.3. The van der Waals surface area contributed by atoms with E-state index in [9.17, 15) is 26.8 Å². The average Bonchev–Trinajstić information content (AvgIpc) is 3.30. The predicted molar refractivity (Wildman–Crippen MR) is 167 cm³/mol. The highest BCUT2D eigenvalue weighted by Gasteiger charge is 2.47. The lowest BCUT2D eigenvalue weighted by molar-refractivity contribution is 0.0727. The van der Waals surface area contributed by atoms with E-state index in [1.165, 1.54) is 35.6 Å². The summed E-state index contributed by atoms with van der Waals surface area (Å²) in [6.45, 7) is 2.62. The van der Waals surface area contributed by atoms with Gasteiger partial charge in [-0.3, -0.25) is 13.9 Å². The van der Waals surface area contributed by atoms with Crippen molar-refractivity contribution >= 4 is 38.0 Å². The minimum atomic E-state index is -3.71. The summed E-state index contributed by atoms with van der Waals surface area (Å²) in [6, 6.07) is 15.6. The number of nitrogens with one attached hydrogen (secondary N) is 1. The van der Waals surface area contributed by atoms with Crippen molar-refractivity contribution in [2.75, 3.05) is 19.8 Å². The van der Waals surface area contributed by atoms with Crippen LogP contribution in [0.25, 0.3) is 22.0 Å². The van der Waals surface area contributed by atoms with E-state index in [-0.39, 0.29) is 18.1 Å². The summed E-state index contributed by atoms with van der Waals surface area (Å²) in [7, 11) is -2.24. The fraction of sp³-hybridized carbons (Fsp3) is 0.235. The van der Waals surface area contributed by atoms with Gasteiger partial charge in [0.2, 0.25) is 10.0 Å². The molecule has 3 heterocycles. The number of H-pyrrole nitrogens is 1. The van der Waals surface area contributed by atoms with Crippen LogP contribution in [0, 0.1) is 11.6 Å². The molecule has 8 nitrogen and oxygen atoms in total. The largest absolute Gasteiger partial charge is 0.481 e. The fourth-order valence-corrected chi connectivity index (χ4v) is 7.08. The number of hydrogen-bond donors (Lipinski definition) is 1. The summed E-state index contributed by atoms with van der Waals surface area (Å²) in [5.41, 5.74) is 3.38. The molecule has 3 aliphatic rings. The highest BCUT2D eigenvalue weighted by atomic mass is 32.2. The Balaban J connectivity index is 1.36. The third-order valence-electron chi connectivity index (χ3n) is 8.95. The Kier molecular flexibility index (Phi) is 6.52. The molecule has 0 bridgehead atoms. The van der Waals surface area contributed by atoms with Gasteiger partial charge < -0.3 is 14.6 Å². The highest BCUT2D eigenvalue weighted by molar-refractivity contribution is 7.88. The van der Waals surface area contributed by atoms with E-state index in [1.54, 1.807) is 42.2 Å². The van der Waals surface area contributed by atoms with Gasteiger partial charge in [0.15, 0.2) is 0 Å². The molecular weight excluding hydrogens is 600 g/mol. The second-order valence-corrected chi connectivity index (χ2v) is 14.0. The Morgan fingerprint density at radius 3 is 2.49 bits per heavy atom. The van der Waals surface area contributed by atoms with E-state index in [0.717, 1.165) is 17.4 Å². The zero-order valence-corrected chi connectivity index (χ0v) is 25.6. The number of rotatable bonds is 5. The SMILES string of the molecule is CN(C1=C(c2ccc3c(c2)C(=O)N(Cc2ccc(F)cc2)CC3)C=C2c3c(c4ccc(F)cc4[nH]c3=O)OC2(C)C1)S(C)(=O)=O. The maximum absolute atomic E-state index is 14.0. The van der Waals surface area contributed by atoms with Crippen molar-refractivity contribution in [2.45, 2.75) is 31.9 Å². The summed E-state index contributed by atoms with van der Waals surface area (Å²) in [5.74, 6) is -0.724. The third kappa shape index (κ3) is 4.82. The van der Waals surface area contributed by atoms with Crippen molar-refractivity contribution in [1.82, 2.24) is 14.2 Å². The topological polar surface area (TPSA) is 99.8 Å². The molecule has 1 amide bonds. The molecule has 0 saturated carbocycles. The number of carbonyl (C=O) groups is 1. The van der Waals surface area contributed by atoms with Crippen LogP contribution in [0.4, 0.5) is 8.78 Å². The average molecular weight is 630 g/mol. The van der Waals surface area contributed by atoms with Crippen LogP contribution in [0.2, 0.25) is 0 Å². The second kappa shape index (κ2) is 10.1. The number of nitrogens with zero attached hydrogens (tertiary/aromatic N) is 2. The van der Waals surface area contributed by atoms with Crippen LogP contribution in [0.3, 0.4) is 0 Å². The molecule has 0 radical (unpaired) electrons. The van der Waals surface area contributed by atoms with Gasteiger partial charge in [-0.15, -0.1) is 0 Å². The molecule has 4 aromatic rings. The van der Waals surface area contributed by atoms with Crippen LogP contribution in [-0.4, -0.2) is 54.0 Å². The van der Waals surface area contributed by atoms with Gasteiger partial charge in [0.1, 0.15) is 23.0 Å². The van der Waals surface area contributed by atoms with E-state index in [2.05, 4.69) is 4.98 Å². The Morgan fingerprint density at radius 2 is 1.76 bits per heavy atom. The lowest BCUT2D eigenvalue weighted by Crippen LogP contribution is -2.38. The number of allylic oxidation sites excluding steroid dienone is 2. The number of ether oxygens (including phenoxy) is 1. The monoisotopic (exact) mass is 629 g/mol. The molecule has 1 atom stereocenters. The third-order valence-corrected chi connectivity index (χ3v) is 10.2. The highest BCUT2D eigenvalue weighted by Crippen LogP contribution is 2.52. The maximum Gasteiger partial charge on any atom is 0.259 e. The molecule has 1 aromatic heterocycles. The summed E-state index contributed by atoms with van der Waals surface area (Å²) < 4.78 is 60.8. The number of sulfonamides is 1. The molecule has 1 N–H and O–H groups in total. The normalized spacial score (nSPS) is 19.2. The molecule has 3 aromatic carbocycles. The van der Waals surface area contributed by atoms with Crippen molar-refractivity contribution in [3.05, 3.63) is 122 Å². The van der Waals surface area contributed by atoms with E-state index >= 15 is 0 Å². The van der Waals surface area contributed by atoms with Crippen LogP contribution in [0.1, 0.15) is 46.0 Å². The first-order valence-electron chi connectivity index (χ1n) is 14.4. The molecule has 230 valence electrons. The predicted octanol–water partition coefficient (Wildman–Crippen LogP) is 5.25. The maximum atomic E-state index is 14.0. The summed E-state index contributed by atoms with van der Waals surface area (Å²) in [5, 5.41) is 0.530. The number of hydrogen-bond acceptors (Lipinski definition) is 5. The van der Waals surface area contributed by atoms with Gasteiger partial charge >= 0.3 is 0 Å². The first-order chi connectivity index (χ1) is 21.3. The van der Waals surface area contributed by atoms with Crippen molar-refractivity contribution in [3.8, 4) is 5.75 Å². The molecule has 1 unspecified atom stereocenters. The molecule has 0 spiro atoms. The molecular formula is C34H29F2N3O5S. The van der Waals surface area contributed by atoms with E-state index in [1.807, 2.05) is 12.1 Å². The van der Waals surface area contributed by atoms with E-state index in [4.69, 9.17) is 4.74 Å². The lowest BCUT2D eigenvalue weighted by Gasteiger charge is -2.36. The van der Waals surface area contributed by atoms with Crippen LogP contribution in [-0.2, 0) is 23.0 Å². The van der Waals surface area contributed by atoms with Gasteiger partial charge in [0.25, 0.3) is 11.5 Å². The van der Waals surface area contributed by atoms with Gasteiger partial charge in [-0.05, 0) is 72.5 Å². The number of amides is 1. The lowest BCUT2D eigenvalue weighted by atomic mass is 9.79. The Hall–Kier alpha value is -4.77. The summed E-state index contributed by atoms with van der Waals surface area (Å²) in [6.07, 6.45) is 3.61. The van der Waals surface area contributed by atoms with Gasteiger partial charge in [-0.1, -0.05) is 24.3 Å². The number of pyridine rings is 1. The number of aromatic amines is 1. The van der Waals surface area contributed by atoms with E-state index < -0.39 is 27.0 Å². The standard InChI is InChI=1S/C34H29F2N3O5S/c1-34-17-29(38(2)45(3,42)43)25(16-27(34)30-31(44-34)24-11-10-23(36)15-28(24)37-32(30)40)21-7-6-20-12-13-39(33(41)26(20)14-21)18-19-4-8-22(35)9-5-19/h4-11,14-16H,12-13,17-18H2,1-3H3,(H,37,40). The smallest absolute Gasteiger partial charge is 0.259 e. The van der Waals surface area contributed by atoms with Crippen LogP contribution >= 0.6 is 0 Å². The first kappa shape index (κ1) is 29.0. The molecule has 7 rings (SSSR count). The number of aromatic nitrogens is 1. The van der Waals surface area contributed by atoms with Gasteiger partial charge in [-0.25, -0.2) is 17.2 Å². The van der Waals surface area contributed by atoms with Crippen molar-refractivity contribution in [2.24, 2.45) is 0 Å². The van der Waals surface area contributed by atoms with Crippen LogP contribution in [0.5, 0.6) is 5.75 Å². The molecule has 45 heavy (non-hydrogen) atoms. The molecule has 2 aliphatic heterocycles. The fourth-order valence-electron chi connectivity index (χ4n) is 6.51. The zero-order valence-electron chi connectivity index (χ0n) is 24.8. The molecule has 11 heteroatoms. The molecule has 1 aliphatic carbocycles.